The molecule has 1 N–H and O–H groups in total. The lowest BCUT2D eigenvalue weighted by Gasteiger charge is -2.55. The molecule has 1 spiro atoms. The van der Waals surface area contributed by atoms with Crippen LogP contribution in [0.4, 0.5) is 26.4 Å². The molecule has 0 bridgehead atoms. The predicted octanol–water partition coefficient (Wildman–Crippen LogP) is 7.45. The van der Waals surface area contributed by atoms with Crippen LogP contribution >= 0.6 is 0 Å². The van der Waals surface area contributed by atoms with Gasteiger partial charge in [0.05, 0.1) is 34.8 Å². The molecule has 1 aromatic carbocycles. The number of nitrogens with one attached hydrogen (secondary N) is 1. The van der Waals surface area contributed by atoms with Crippen molar-refractivity contribution in [3.8, 4) is 11.3 Å². The maximum atomic E-state index is 14.8. The number of carbonyl (C=O) groups is 2. The van der Waals surface area contributed by atoms with E-state index < -0.39 is 16.8 Å². The van der Waals surface area contributed by atoms with Crippen LogP contribution in [0, 0.1) is 11.2 Å². The van der Waals surface area contributed by atoms with Gasteiger partial charge in [-0.05, 0) is 89.5 Å². The quantitative estimate of drug-likeness (QED) is 0.220. The Morgan fingerprint density at radius 2 is 1.79 bits per heavy atom. The van der Waals surface area contributed by atoms with Gasteiger partial charge in [-0.15, -0.1) is 0 Å². The first kappa shape index (κ1) is 34.5. The fraction of sp³-hybridized carbons (Fsp3) is 0.525. The summed E-state index contributed by atoms with van der Waals surface area (Å²) in [5, 5.41) is 3.22. The van der Waals surface area contributed by atoms with Gasteiger partial charge in [0, 0.05) is 61.8 Å². The second-order valence-corrected chi connectivity index (χ2v) is 17.3. The lowest BCUT2D eigenvalue weighted by atomic mass is 9.73. The summed E-state index contributed by atoms with van der Waals surface area (Å²) in [5.74, 6) is 0.141. The van der Waals surface area contributed by atoms with Crippen LogP contribution in [0.3, 0.4) is 0 Å². The van der Waals surface area contributed by atoms with E-state index in [1.54, 1.807) is 23.5 Å². The molecule has 2 amide bonds. The van der Waals surface area contributed by atoms with Gasteiger partial charge in [0.2, 0.25) is 5.91 Å². The minimum absolute atomic E-state index is 0.0996. The van der Waals surface area contributed by atoms with Gasteiger partial charge in [0.25, 0.3) is 0 Å². The average molecular weight is 709 g/mol. The van der Waals surface area contributed by atoms with Crippen molar-refractivity contribution in [3.05, 3.63) is 60.4 Å². The van der Waals surface area contributed by atoms with Crippen molar-refractivity contribution >= 4 is 40.2 Å². The lowest BCUT2D eigenvalue weighted by Crippen LogP contribution is -2.64. The SMILES string of the molecule is CC(C)n1cnc2cc(-c3ccc4c(c3)N([C@H]3C[C@@H](N5CC(C)(C)C5)C3)C(=O)C43CCN(C(=O)OC(C)(C)C)CC3)nc(Nc3ccncc3F)c21. The highest BCUT2D eigenvalue weighted by atomic mass is 19.1. The number of fused-ring (bicyclic) bond motifs is 3. The van der Waals surface area contributed by atoms with Gasteiger partial charge in [-0.3, -0.25) is 14.7 Å². The molecule has 8 rings (SSSR count). The fourth-order valence-electron chi connectivity index (χ4n) is 8.66. The van der Waals surface area contributed by atoms with Gasteiger partial charge in [-0.2, -0.15) is 0 Å². The van der Waals surface area contributed by atoms with E-state index in [1.807, 2.05) is 37.5 Å². The number of rotatable bonds is 6. The van der Waals surface area contributed by atoms with E-state index in [2.05, 4.69) is 59.9 Å². The molecule has 52 heavy (non-hydrogen) atoms. The second-order valence-electron chi connectivity index (χ2n) is 17.3. The van der Waals surface area contributed by atoms with Crippen LogP contribution in [0.15, 0.2) is 49.1 Å². The third kappa shape index (κ3) is 5.88. The van der Waals surface area contributed by atoms with Crippen molar-refractivity contribution in [2.24, 2.45) is 5.41 Å². The zero-order valence-corrected chi connectivity index (χ0v) is 31.2. The third-order valence-electron chi connectivity index (χ3n) is 11.3. The molecule has 1 saturated carbocycles. The minimum atomic E-state index is -0.713. The molecule has 0 unspecified atom stereocenters. The molecule has 12 heteroatoms. The summed E-state index contributed by atoms with van der Waals surface area (Å²) < 4.78 is 22.5. The largest absolute Gasteiger partial charge is 0.444 e. The van der Waals surface area contributed by atoms with Gasteiger partial charge in [-0.25, -0.2) is 19.2 Å². The summed E-state index contributed by atoms with van der Waals surface area (Å²) in [5.41, 5.74) is 4.27. The summed E-state index contributed by atoms with van der Waals surface area (Å²) in [6, 6.07) is 10.5. The predicted molar refractivity (Wildman–Crippen MR) is 199 cm³/mol. The first-order valence-electron chi connectivity index (χ1n) is 18.6. The fourth-order valence-corrected chi connectivity index (χ4v) is 8.66. The van der Waals surface area contributed by atoms with Crippen LogP contribution in [0.25, 0.3) is 22.3 Å². The van der Waals surface area contributed by atoms with Crippen molar-refractivity contribution in [2.75, 3.05) is 36.4 Å². The number of pyridine rings is 2. The molecule has 11 nitrogen and oxygen atoms in total. The first-order chi connectivity index (χ1) is 24.6. The van der Waals surface area contributed by atoms with E-state index in [0.717, 1.165) is 53.8 Å². The van der Waals surface area contributed by atoms with Crippen LogP contribution in [0.1, 0.15) is 85.8 Å². The molecule has 2 saturated heterocycles. The summed E-state index contributed by atoms with van der Waals surface area (Å²) in [4.78, 5) is 47.9. The van der Waals surface area contributed by atoms with Crippen LogP contribution in [0.2, 0.25) is 0 Å². The van der Waals surface area contributed by atoms with E-state index in [4.69, 9.17) is 14.7 Å². The molecule has 1 aliphatic carbocycles. The number of benzene rings is 1. The van der Waals surface area contributed by atoms with Crippen molar-refractivity contribution < 1.29 is 18.7 Å². The number of aromatic nitrogens is 4. The summed E-state index contributed by atoms with van der Waals surface area (Å²) in [6.45, 7) is 17.4. The number of likely N-dealkylation sites (tertiary alicyclic amines) is 2. The number of hydrogen-bond acceptors (Lipinski definition) is 8. The molecule has 0 radical (unpaired) electrons. The molecule has 4 aliphatic rings. The Labute approximate surface area is 304 Å². The Kier molecular flexibility index (Phi) is 8.13. The van der Waals surface area contributed by atoms with Crippen LogP contribution in [0.5, 0.6) is 0 Å². The third-order valence-corrected chi connectivity index (χ3v) is 11.3. The van der Waals surface area contributed by atoms with E-state index in [-0.39, 0.29) is 29.8 Å². The summed E-state index contributed by atoms with van der Waals surface area (Å²) >= 11 is 0. The Morgan fingerprint density at radius 3 is 2.44 bits per heavy atom. The molecule has 6 heterocycles. The number of carbonyl (C=O) groups excluding carboxylic acids is 2. The van der Waals surface area contributed by atoms with Gasteiger partial charge in [-0.1, -0.05) is 26.0 Å². The van der Waals surface area contributed by atoms with Gasteiger partial charge in [0.1, 0.15) is 11.1 Å². The first-order valence-corrected chi connectivity index (χ1v) is 18.6. The minimum Gasteiger partial charge on any atom is -0.444 e. The Balaban J connectivity index is 1.16. The Morgan fingerprint density at radius 1 is 1.06 bits per heavy atom. The zero-order valence-electron chi connectivity index (χ0n) is 31.2. The topological polar surface area (TPSA) is 109 Å². The normalized spacial score (nSPS) is 22.4. The molecule has 0 atom stereocenters. The van der Waals surface area contributed by atoms with E-state index in [0.29, 0.717) is 48.9 Å². The molecule has 3 aromatic heterocycles. The molecular weight excluding hydrogens is 659 g/mol. The van der Waals surface area contributed by atoms with E-state index in [9.17, 15) is 14.0 Å². The number of ether oxygens (including phenoxy) is 1. The summed E-state index contributed by atoms with van der Waals surface area (Å²) in [6.07, 6.45) is 7.12. The number of nitrogens with zero attached hydrogens (tertiary/aromatic N) is 7. The maximum Gasteiger partial charge on any atom is 0.410 e. The molecular formula is C40H49FN8O3. The monoisotopic (exact) mass is 708 g/mol. The summed E-state index contributed by atoms with van der Waals surface area (Å²) in [7, 11) is 0. The molecule has 3 fully saturated rings. The molecule has 274 valence electrons. The number of anilines is 3. The van der Waals surface area contributed by atoms with Crippen molar-refractivity contribution in [2.45, 2.75) is 103 Å². The van der Waals surface area contributed by atoms with Gasteiger partial charge >= 0.3 is 6.09 Å². The number of amides is 2. The van der Waals surface area contributed by atoms with Crippen LogP contribution < -0.4 is 10.2 Å². The van der Waals surface area contributed by atoms with E-state index >= 15 is 0 Å². The highest BCUT2D eigenvalue weighted by molar-refractivity contribution is 6.09. The number of imidazole rings is 1. The van der Waals surface area contributed by atoms with Crippen LogP contribution in [-0.4, -0.2) is 85.2 Å². The lowest BCUT2D eigenvalue weighted by molar-refractivity contribution is -0.126. The van der Waals surface area contributed by atoms with Crippen LogP contribution in [-0.2, 0) is 14.9 Å². The van der Waals surface area contributed by atoms with Gasteiger partial charge in [0.15, 0.2) is 11.6 Å². The second kappa shape index (κ2) is 12.2. The average Bonchev–Trinajstić information content (AvgIpc) is 3.58. The smallest absolute Gasteiger partial charge is 0.410 e. The maximum absolute atomic E-state index is 14.8. The Bertz CT molecular complexity index is 2050. The standard InChI is InChI=1S/C40H49FN8O3/c1-24(2)48-23-43-32-19-31(45-35(34(32)48)44-30-10-13-42-20-29(30)41)25-8-9-28-33(16-25)49(27-17-26(18-27)47-21-39(6,7)22-47)36(50)40(28)11-14-46(15-12-40)37(51)52-38(3,4)5/h8-10,13,16,19-20,23-24,26-27H,11-12,14-15,17-18,21-22H2,1-7H3,(H,42,44,45)/t26-,27+. The number of hydrogen-bond donors (Lipinski definition) is 1. The van der Waals surface area contributed by atoms with Crippen molar-refractivity contribution in [1.29, 1.82) is 0 Å². The number of halogens is 1. The molecule has 4 aromatic rings. The molecule has 3 aliphatic heterocycles. The van der Waals surface area contributed by atoms with Gasteiger partial charge < -0.3 is 24.4 Å². The number of piperidine rings is 1. The van der Waals surface area contributed by atoms with Crippen molar-refractivity contribution in [3.63, 3.8) is 0 Å². The Hall–Kier alpha value is -4.58. The highest BCUT2D eigenvalue weighted by Gasteiger charge is 2.56. The van der Waals surface area contributed by atoms with E-state index in [1.165, 1.54) is 6.20 Å². The van der Waals surface area contributed by atoms with Crippen molar-refractivity contribution in [1.82, 2.24) is 29.3 Å². The zero-order chi connectivity index (χ0) is 36.7. The highest BCUT2D eigenvalue weighted by Crippen LogP contribution is 2.52.